The summed E-state index contributed by atoms with van der Waals surface area (Å²) in [5.41, 5.74) is 0.812. The van der Waals surface area contributed by atoms with Crippen molar-refractivity contribution in [2.75, 3.05) is 26.3 Å². The maximum Gasteiger partial charge on any atom is 0.169 e. The van der Waals surface area contributed by atoms with E-state index in [0.717, 1.165) is 25.3 Å². The Hall–Kier alpha value is -1.19. The topological polar surface area (TPSA) is 29.5 Å². The van der Waals surface area contributed by atoms with Gasteiger partial charge in [0.15, 0.2) is 5.78 Å². The third-order valence-electron chi connectivity index (χ3n) is 4.26. The van der Waals surface area contributed by atoms with E-state index >= 15 is 0 Å². The van der Waals surface area contributed by atoms with Crippen LogP contribution in [-0.2, 0) is 4.74 Å². The first kappa shape index (κ1) is 12.8. The van der Waals surface area contributed by atoms with Crippen molar-refractivity contribution in [3.8, 4) is 0 Å². The number of rotatable bonds is 2. The molecular weight excluding hydrogens is 238 g/mol. The molecule has 0 aliphatic carbocycles. The van der Waals surface area contributed by atoms with Gasteiger partial charge in [0, 0.05) is 18.2 Å². The Bertz CT molecular complexity index is 432. The molecule has 0 saturated carbocycles. The second kappa shape index (κ2) is 5.85. The largest absolute Gasteiger partial charge is 0.379 e. The highest BCUT2D eigenvalue weighted by Gasteiger charge is 2.31. The molecule has 0 radical (unpaired) electrons. The van der Waals surface area contributed by atoms with Crippen LogP contribution in [0.2, 0.25) is 0 Å². The van der Waals surface area contributed by atoms with Crippen LogP contribution in [0.25, 0.3) is 0 Å². The fourth-order valence-electron chi connectivity index (χ4n) is 3.17. The minimum Gasteiger partial charge on any atom is -0.379 e. The number of hydrogen-bond donors (Lipinski definition) is 0. The van der Waals surface area contributed by atoms with Gasteiger partial charge in [-0.05, 0) is 19.4 Å². The van der Waals surface area contributed by atoms with E-state index in [0.29, 0.717) is 12.6 Å². The summed E-state index contributed by atoms with van der Waals surface area (Å²) in [6, 6.07) is 10.1. The van der Waals surface area contributed by atoms with Crippen molar-refractivity contribution in [3.63, 3.8) is 0 Å². The Morgan fingerprint density at radius 1 is 1.16 bits per heavy atom. The molecule has 3 heteroatoms. The van der Waals surface area contributed by atoms with Crippen molar-refractivity contribution >= 4 is 5.78 Å². The number of hydrogen-bond acceptors (Lipinski definition) is 3. The number of benzene rings is 1. The van der Waals surface area contributed by atoms with E-state index in [1.165, 1.54) is 19.3 Å². The van der Waals surface area contributed by atoms with Crippen LogP contribution < -0.4 is 0 Å². The monoisotopic (exact) mass is 259 g/mol. The SMILES string of the molecule is O=C(c1ccccc1)C1COCC2CCCCN2C1. The normalized spacial score (nSPS) is 28.4. The van der Waals surface area contributed by atoms with Gasteiger partial charge in [-0.25, -0.2) is 0 Å². The molecule has 2 aliphatic heterocycles. The molecule has 1 aromatic rings. The predicted molar refractivity (Wildman–Crippen MR) is 74.3 cm³/mol. The molecule has 2 heterocycles. The lowest BCUT2D eigenvalue weighted by Gasteiger charge is -2.34. The zero-order valence-corrected chi connectivity index (χ0v) is 11.3. The van der Waals surface area contributed by atoms with E-state index in [-0.39, 0.29) is 11.7 Å². The number of piperidine rings is 1. The Labute approximate surface area is 114 Å². The molecule has 2 aliphatic rings. The van der Waals surface area contributed by atoms with Gasteiger partial charge in [-0.3, -0.25) is 9.69 Å². The summed E-state index contributed by atoms with van der Waals surface area (Å²) in [6.45, 7) is 3.34. The fraction of sp³-hybridized carbons (Fsp3) is 0.562. The fourth-order valence-corrected chi connectivity index (χ4v) is 3.17. The van der Waals surface area contributed by atoms with Crippen LogP contribution in [0.3, 0.4) is 0 Å². The quantitative estimate of drug-likeness (QED) is 0.764. The van der Waals surface area contributed by atoms with Gasteiger partial charge >= 0.3 is 0 Å². The summed E-state index contributed by atoms with van der Waals surface area (Å²) < 4.78 is 5.76. The van der Waals surface area contributed by atoms with Crippen LogP contribution in [0.1, 0.15) is 29.6 Å². The van der Waals surface area contributed by atoms with Crippen molar-refractivity contribution in [2.45, 2.75) is 25.3 Å². The van der Waals surface area contributed by atoms with E-state index in [1.807, 2.05) is 30.3 Å². The van der Waals surface area contributed by atoms with Crippen molar-refractivity contribution in [1.29, 1.82) is 0 Å². The molecule has 3 nitrogen and oxygen atoms in total. The number of carbonyl (C=O) groups is 1. The van der Waals surface area contributed by atoms with E-state index < -0.39 is 0 Å². The van der Waals surface area contributed by atoms with Crippen molar-refractivity contribution in [3.05, 3.63) is 35.9 Å². The number of ketones is 1. The van der Waals surface area contributed by atoms with Crippen LogP contribution in [0.4, 0.5) is 0 Å². The molecule has 102 valence electrons. The lowest BCUT2D eigenvalue weighted by atomic mass is 9.96. The summed E-state index contributed by atoms with van der Waals surface area (Å²) in [5, 5.41) is 0. The van der Waals surface area contributed by atoms with E-state index in [2.05, 4.69) is 4.90 Å². The van der Waals surface area contributed by atoms with E-state index in [9.17, 15) is 4.79 Å². The average molecular weight is 259 g/mol. The van der Waals surface area contributed by atoms with Gasteiger partial charge in [0.1, 0.15) is 0 Å². The molecular formula is C16H21NO2. The van der Waals surface area contributed by atoms with Crippen molar-refractivity contribution in [1.82, 2.24) is 4.90 Å². The maximum atomic E-state index is 12.5. The highest BCUT2D eigenvalue weighted by Crippen LogP contribution is 2.23. The van der Waals surface area contributed by atoms with Crippen molar-refractivity contribution < 1.29 is 9.53 Å². The number of carbonyl (C=O) groups excluding carboxylic acids is 1. The van der Waals surface area contributed by atoms with Gasteiger partial charge < -0.3 is 4.74 Å². The van der Waals surface area contributed by atoms with E-state index in [1.54, 1.807) is 0 Å². The number of Topliss-reactive ketones (excluding diaryl/α,β-unsaturated/α-hetero) is 1. The summed E-state index contributed by atoms with van der Waals surface area (Å²) in [7, 11) is 0. The van der Waals surface area contributed by atoms with Gasteiger partial charge in [0.2, 0.25) is 0 Å². The molecule has 3 rings (SSSR count). The minimum absolute atomic E-state index is 0.00880. The predicted octanol–water partition coefficient (Wildman–Crippen LogP) is 2.37. The van der Waals surface area contributed by atoms with Crippen LogP contribution in [0.5, 0.6) is 0 Å². The molecule has 0 N–H and O–H groups in total. The van der Waals surface area contributed by atoms with Crippen LogP contribution in [-0.4, -0.2) is 43.0 Å². The molecule has 2 fully saturated rings. The van der Waals surface area contributed by atoms with Crippen molar-refractivity contribution in [2.24, 2.45) is 5.92 Å². The highest BCUT2D eigenvalue weighted by atomic mass is 16.5. The summed E-state index contributed by atoms with van der Waals surface area (Å²) >= 11 is 0. The zero-order valence-electron chi connectivity index (χ0n) is 11.3. The first-order chi connectivity index (χ1) is 9.34. The summed E-state index contributed by atoms with van der Waals surface area (Å²) in [4.78, 5) is 15.0. The van der Waals surface area contributed by atoms with Crippen LogP contribution in [0.15, 0.2) is 30.3 Å². The Morgan fingerprint density at radius 3 is 2.84 bits per heavy atom. The van der Waals surface area contributed by atoms with E-state index in [4.69, 9.17) is 4.74 Å². The van der Waals surface area contributed by atoms with Crippen LogP contribution >= 0.6 is 0 Å². The molecule has 2 atom stereocenters. The Balaban J connectivity index is 1.72. The molecule has 1 aromatic carbocycles. The zero-order chi connectivity index (χ0) is 13.1. The number of nitrogens with zero attached hydrogens (tertiary/aromatic N) is 1. The first-order valence-electron chi connectivity index (χ1n) is 7.25. The molecule has 2 unspecified atom stereocenters. The first-order valence-corrected chi connectivity index (χ1v) is 7.25. The second-order valence-corrected chi connectivity index (χ2v) is 5.61. The minimum atomic E-state index is -0.00880. The maximum absolute atomic E-state index is 12.5. The molecule has 2 saturated heterocycles. The van der Waals surface area contributed by atoms with Gasteiger partial charge in [-0.15, -0.1) is 0 Å². The molecule has 0 bridgehead atoms. The van der Waals surface area contributed by atoms with Gasteiger partial charge in [-0.1, -0.05) is 36.8 Å². The number of ether oxygens (including phenoxy) is 1. The smallest absolute Gasteiger partial charge is 0.169 e. The Morgan fingerprint density at radius 2 is 2.00 bits per heavy atom. The lowest BCUT2D eigenvalue weighted by molar-refractivity contribution is 0.0725. The summed E-state index contributed by atoms with van der Waals surface area (Å²) in [5.74, 6) is 0.220. The lowest BCUT2D eigenvalue weighted by Crippen LogP contribution is -2.43. The Kier molecular flexibility index (Phi) is 3.95. The molecule has 0 spiro atoms. The molecule has 19 heavy (non-hydrogen) atoms. The summed E-state index contributed by atoms with van der Waals surface area (Å²) in [6.07, 6.45) is 3.76. The van der Waals surface area contributed by atoms with Crippen LogP contribution in [0, 0.1) is 5.92 Å². The van der Waals surface area contributed by atoms with Gasteiger partial charge in [-0.2, -0.15) is 0 Å². The van der Waals surface area contributed by atoms with Gasteiger partial charge in [0.25, 0.3) is 0 Å². The average Bonchev–Trinajstić information content (AvgIpc) is 2.69. The third-order valence-corrected chi connectivity index (χ3v) is 4.26. The third kappa shape index (κ3) is 2.88. The highest BCUT2D eigenvalue weighted by molar-refractivity contribution is 5.98. The molecule has 0 amide bonds. The second-order valence-electron chi connectivity index (χ2n) is 5.61. The molecule has 0 aromatic heterocycles. The number of fused-ring (bicyclic) bond motifs is 1. The van der Waals surface area contributed by atoms with Gasteiger partial charge in [0.05, 0.1) is 19.1 Å². The standard InChI is InChI=1S/C16H21NO2/c18-16(13-6-2-1-3-7-13)14-10-17-9-5-4-8-15(17)12-19-11-14/h1-3,6-7,14-15H,4-5,8-12H2.